The molecule has 13 heavy (non-hydrogen) atoms. The van der Waals surface area contributed by atoms with Crippen molar-refractivity contribution in [3.8, 4) is 0 Å². The normalized spacial score (nSPS) is 33.4. The molecule has 0 saturated carbocycles. The highest BCUT2D eigenvalue weighted by Gasteiger charge is 2.62. The lowest BCUT2D eigenvalue weighted by Crippen LogP contribution is -2.58. The third-order valence-corrected chi connectivity index (χ3v) is 2.93. The molecule has 0 radical (unpaired) electrons. The van der Waals surface area contributed by atoms with Crippen LogP contribution in [0.5, 0.6) is 0 Å². The fourth-order valence-corrected chi connectivity index (χ4v) is 2.07. The molecule has 1 unspecified atom stereocenters. The van der Waals surface area contributed by atoms with Crippen molar-refractivity contribution in [1.82, 2.24) is 4.90 Å². The summed E-state index contributed by atoms with van der Waals surface area (Å²) in [4.78, 5) is 22.5. The molecule has 0 aliphatic carbocycles. The molecule has 0 bridgehead atoms. The number of hydrogen-bond acceptors (Lipinski definition) is 4. The molecule has 3 heterocycles. The van der Waals surface area contributed by atoms with Crippen molar-refractivity contribution in [2.24, 2.45) is 0 Å². The first-order chi connectivity index (χ1) is 6.23. The second kappa shape index (κ2) is 2.05. The largest absolute Gasteiger partial charge is 0.477 e. The SMILES string of the molecule is O=C(O)C1=CCC2(OO2)C2CCN12. The Labute approximate surface area is 74.5 Å². The van der Waals surface area contributed by atoms with Crippen molar-refractivity contribution in [3.05, 3.63) is 11.8 Å². The number of carboxylic acids is 1. The summed E-state index contributed by atoms with van der Waals surface area (Å²) in [6.07, 6.45) is 3.17. The van der Waals surface area contributed by atoms with E-state index < -0.39 is 11.8 Å². The van der Waals surface area contributed by atoms with Crippen LogP contribution in [0.25, 0.3) is 0 Å². The van der Waals surface area contributed by atoms with E-state index >= 15 is 0 Å². The van der Waals surface area contributed by atoms with Gasteiger partial charge < -0.3 is 10.0 Å². The molecule has 2 fully saturated rings. The maximum absolute atomic E-state index is 10.8. The van der Waals surface area contributed by atoms with Gasteiger partial charge in [0.05, 0.1) is 6.04 Å². The number of rotatable bonds is 1. The van der Waals surface area contributed by atoms with Gasteiger partial charge in [0, 0.05) is 13.0 Å². The lowest BCUT2D eigenvalue weighted by Gasteiger charge is -2.46. The molecular weight excluding hydrogens is 174 g/mol. The smallest absolute Gasteiger partial charge is 0.351 e. The molecule has 1 atom stereocenters. The molecular formula is C8H9NO4. The minimum absolute atomic E-state index is 0.114. The van der Waals surface area contributed by atoms with Gasteiger partial charge in [0.1, 0.15) is 5.70 Å². The van der Waals surface area contributed by atoms with Gasteiger partial charge in [-0.3, -0.25) is 0 Å². The molecule has 3 rings (SSSR count). The van der Waals surface area contributed by atoms with Gasteiger partial charge >= 0.3 is 5.97 Å². The Morgan fingerprint density at radius 1 is 1.69 bits per heavy atom. The Hall–Kier alpha value is -1.07. The summed E-state index contributed by atoms with van der Waals surface area (Å²) in [6.45, 7) is 0.789. The number of aliphatic carboxylic acids is 1. The first kappa shape index (κ1) is 7.34. The Morgan fingerprint density at radius 3 is 2.92 bits per heavy atom. The van der Waals surface area contributed by atoms with Crippen molar-refractivity contribution in [2.45, 2.75) is 24.7 Å². The van der Waals surface area contributed by atoms with Crippen LogP contribution < -0.4 is 0 Å². The van der Waals surface area contributed by atoms with Crippen LogP contribution in [-0.4, -0.2) is 34.3 Å². The van der Waals surface area contributed by atoms with Gasteiger partial charge in [-0.15, -0.1) is 0 Å². The molecule has 3 aliphatic heterocycles. The minimum Gasteiger partial charge on any atom is -0.477 e. The Bertz CT molecular complexity index is 307. The molecule has 1 spiro atoms. The van der Waals surface area contributed by atoms with Crippen molar-refractivity contribution in [3.63, 3.8) is 0 Å². The third kappa shape index (κ3) is 0.804. The van der Waals surface area contributed by atoms with E-state index in [1.807, 2.05) is 4.90 Å². The highest BCUT2D eigenvalue weighted by Crippen LogP contribution is 2.48. The third-order valence-electron chi connectivity index (χ3n) is 2.93. The molecule has 1 N–H and O–H groups in total. The first-order valence-electron chi connectivity index (χ1n) is 4.30. The second-order valence-corrected chi connectivity index (χ2v) is 3.58. The summed E-state index contributed by atoms with van der Waals surface area (Å²) in [5.41, 5.74) is 0.390. The van der Waals surface area contributed by atoms with Crippen LogP contribution in [0.1, 0.15) is 12.8 Å². The van der Waals surface area contributed by atoms with Crippen LogP contribution in [-0.2, 0) is 14.6 Å². The van der Waals surface area contributed by atoms with Crippen LogP contribution in [0.2, 0.25) is 0 Å². The standard InChI is InChI=1S/C8H9NO4/c10-7(11)5-1-3-8(12-13-8)6-2-4-9(5)6/h1,6H,2-4H2,(H,10,11). The zero-order valence-corrected chi connectivity index (χ0v) is 6.90. The van der Waals surface area contributed by atoms with Gasteiger partial charge in [-0.2, -0.15) is 9.78 Å². The van der Waals surface area contributed by atoms with Gasteiger partial charge in [0.25, 0.3) is 5.79 Å². The van der Waals surface area contributed by atoms with Gasteiger partial charge in [-0.05, 0) is 12.5 Å². The van der Waals surface area contributed by atoms with E-state index in [4.69, 9.17) is 14.9 Å². The number of carboxylic acid groups (broad SMARTS) is 1. The summed E-state index contributed by atoms with van der Waals surface area (Å²) in [7, 11) is 0. The maximum Gasteiger partial charge on any atom is 0.351 e. The number of nitrogens with zero attached hydrogens (tertiary/aromatic N) is 1. The molecule has 0 aromatic carbocycles. The molecule has 3 aliphatic rings. The van der Waals surface area contributed by atoms with E-state index in [0.717, 1.165) is 13.0 Å². The summed E-state index contributed by atoms with van der Waals surface area (Å²) < 4.78 is 0. The predicted molar refractivity (Wildman–Crippen MR) is 40.3 cm³/mol. The number of fused-ring (bicyclic) bond motifs is 2. The van der Waals surface area contributed by atoms with Gasteiger partial charge in [0.2, 0.25) is 0 Å². The maximum atomic E-state index is 10.8. The number of hydrogen-bond donors (Lipinski definition) is 1. The quantitative estimate of drug-likeness (QED) is 0.461. The van der Waals surface area contributed by atoms with Crippen LogP contribution in [0.3, 0.4) is 0 Å². The summed E-state index contributed by atoms with van der Waals surface area (Å²) in [5, 5.41) is 8.86. The van der Waals surface area contributed by atoms with Gasteiger partial charge in [-0.25, -0.2) is 4.79 Å². The zero-order chi connectivity index (χ0) is 9.05. The van der Waals surface area contributed by atoms with Crippen LogP contribution >= 0.6 is 0 Å². The highest BCUT2D eigenvalue weighted by atomic mass is 17.4. The van der Waals surface area contributed by atoms with Gasteiger partial charge in [0.15, 0.2) is 0 Å². The van der Waals surface area contributed by atoms with Crippen LogP contribution in [0, 0.1) is 0 Å². The van der Waals surface area contributed by atoms with E-state index in [2.05, 4.69) is 0 Å². The lowest BCUT2D eigenvalue weighted by molar-refractivity contribution is -0.136. The van der Waals surface area contributed by atoms with E-state index in [1.54, 1.807) is 6.08 Å². The second-order valence-electron chi connectivity index (χ2n) is 3.58. The fourth-order valence-electron chi connectivity index (χ4n) is 2.07. The van der Waals surface area contributed by atoms with E-state index in [-0.39, 0.29) is 6.04 Å². The highest BCUT2D eigenvalue weighted by molar-refractivity contribution is 5.86. The fraction of sp³-hybridized carbons (Fsp3) is 0.625. The Kier molecular flexibility index (Phi) is 1.16. The first-order valence-corrected chi connectivity index (χ1v) is 4.30. The van der Waals surface area contributed by atoms with E-state index in [1.165, 1.54) is 0 Å². The molecule has 5 heteroatoms. The van der Waals surface area contributed by atoms with Crippen molar-refractivity contribution in [1.29, 1.82) is 0 Å². The average molecular weight is 183 g/mol. The molecule has 5 nitrogen and oxygen atoms in total. The topological polar surface area (TPSA) is 65.6 Å². The van der Waals surface area contributed by atoms with E-state index in [0.29, 0.717) is 12.1 Å². The molecule has 0 aromatic rings. The molecule has 0 amide bonds. The molecule has 2 saturated heterocycles. The molecule has 70 valence electrons. The minimum atomic E-state index is -0.861. The lowest BCUT2D eigenvalue weighted by atomic mass is 9.88. The summed E-state index contributed by atoms with van der Waals surface area (Å²) in [6, 6.07) is 0.114. The Morgan fingerprint density at radius 2 is 2.46 bits per heavy atom. The summed E-state index contributed by atoms with van der Waals surface area (Å²) >= 11 is 0. The zero-order valence-electron chi connectivity index (χ0n) is 6.90. The molecule has 0 aromatic heterocycles. The van der Waals surface area contributed by atoms with Crippen molar-refractivity contribution in [2.75, 3.05) is 6.54 Å². The van der Waals surface area contributed by atoms with Crippen molar-refractivity contribution < 1.29 is 19.7 Å². The van der Waals surface area contributed by atoms with E-state index in [9.17, 15) is 4.79 Å². The Balaban J connectivity index is 1.92. The van der Waals surface area contributed by atoms with Crippen molar-refractivity contribution >= 4 is 5.97 Å². The average Bonchev–Trinajstić information content (AvgIpc) is 2.74. The monoisotopic (exact) mass is 183 g/mol. The van der Waals surface area contributed by atoms with Gasteiger partial charge in [-0.1, -0.05) is 0 Å². The number of carbonyl (C=O) groups is 1. The predicted octanol–water partition coefficient (Wildman–Crippen LogP) is 0.0910. The van der Waals surface area contributed by atoms with Crippen LogP contribution in [0.4, 0.5) is 0 Å². The van der Waals surface area contributed by atoms with Crippen LogP contribution in [0.15, 0.2) is 11.8 Å². The summed E-state index contributed by atoms with van der Waals surface area (Å²) in [5.74, 6) is -1.36.